The molecule has 2 N–H and O–H groups in total. The first kappa shape index (κ1) is 18.7. The molecule has 0 aliphatic heterocycles. The van der Waals surface area contributed by atoms with Gasteiger partial charge in [0.2, 0.25) is 0 Å². The Morgan fingerprint density at radius 3 is 2.46 bits per heavy atom. The number of guanidine groups is 1. The Balaban J connectivity index is 1.95. The van der Waals surface area contributed by atoms with Crippen molar-refractivity contribution < 1.29 is 13.2 Å². The van der Waals surface area contributed by atoms with E-state index in [1.54, 1.807) is 11.3 Å². The molecule has 24 heavy (non-hydrogen) atoms. The van der Waals surface area contributed by atoms with Crippen molar-refractivity contribution in [3.8, 4) is 0 Å². The van der Waals surface area contributed by atoms with E-state index in [0.29, 0.717) is 24.1 Å². The molecule has 132 valence electrons. The highest BCUT2D eigenvalue weighted by molar-refractivity contribution is 7.09. The predicted octanol–water partition coefficient (Wildman–Crippen LogP) is 3.44. The summed E-state index contributed by atoms with van der Waals surface area (Å²) < 4.78 is 37.6. The fraction of sp³-hybridized carbons (Fsp3) is 0.500. The Bertz CT molecular complexity index is 678. The minimum Gasteiger partial charge on any atom is -0.357 e. The number of nitrogens with one attached hydrogen (secondary N) is 2. The topological polar surface area (TPSA) is 62.2 Å². The molecule has 0 saturated heterocycles. The molecule has 0 aromatic carbocycles. The quantitative estimate of drug-likeness (QED) is 0.598. The lowest BCUT2D eigenvalue weighted by Gasteiger charge is -2.09. The molecule has 0 aliphatic carbocycles. The number of alkyl halides is 3. The maximum Gasteiger partial charge on any atom is 0.434 e. The van der Waals surface area contributed by atoms with Gasteiger partial charge >= 0.3 is 6.18 Å². The van der Waals surface area contributed by atoms with Crippen molar-refractivity contribution in [2.24, 2.45) is 4.99 Å². The Hall–Kier alpha value is -1.68. The van der Waals surface area contributed by atoms with E-state index in [1.165, 1.54) is 0 Å². The second-order valence-corrected chi connectivity index (χ2v) is 6.64. The summed E-state index contributed by atoms with van der Waals surface area (Å²) in [6.45, 7) is 5.21. The fourth-order valence-electron chi connectivity index (χ4n) is 1.77. The van der Waals surface area contributed by atoms with Crippen LogP contribution >= 0.6 is 22.7 Å². The van der Waals surface area contributed by atoms with Crippen LogP contribution in [0.5, 0.6) is 0 Å². The summed E-state index contributed by atoms with van der Waals surface area (Å²) >= 11 is 2.56. The molecule has 0 atom stereocenters. The van der Waals surface area contributed by atoms with Crippen LogP contribution in [0.4, 0.5) is 13.2 Å². The van der Waals surface area contributed by atoms with Gasteiger partial charge in [-0.1, -0.05) is 6.92 Å². The van der Waals surface area contributed by atoms with Crippen LogP contribution in [0.2, 0.25) is 0 Å². The largest absolute Gasteiger partial charge is 0.434 e. The Labute approximate surface area is 146 Å². The zero-order valence-corrected chi connectivity index (χ0v) is 14.9. The fourth-order valence-corrected chi connectivity index (χ4v) is 3.24. The van der Waals surface area contributed by atoms with Crippen LogP contribution in [0.1, 0.15) is 35.3 Å². The summed E-state index contributed by atoms with van der Waals surface area (Å²) in [7, 11) is 0. The molecule has 0 fully saturated rings. The van der Waals surface area contributed by atoms with Gasteiger partial charge in [0.25, 0.3) is 0 Å². The summed E-state index contributed by atoms with van der Waals surface area (Å²) in [5.74, 6) is 0.521. The van der Waals surface area contributed by atoms with Gasteiger partial charge in [-0.05, 0) is 13.3 Å². The van der Waals surface area contributed by atoms with E-state index >= 15 is 0 Å². The lowest BCUT2D eigenvalue weighted by atomic mass is 10.4. The third-order valence-electron chi connectivity index (χ3n) is 2.89. The number of thiazole rings is 2. The Morgan fingerprint density at radius 2 is 1.88 bits per heavy atom. The van der Waals surface area contributed by atoms with E-state index in [1.807, 2.05) is 19.2 Å². The smallest absolute Gasteiger partial charge is 0.357 e. The molecule has 0 aliphatic rings. The van der Waals surface area contributed by atoms with Crippen LogP contribution in [0.15, 0.2) is 15.8 Å². The summed E-state index contributed by atoms with van der Waals surface area (Å²) in [4.78, 5) is 12.4. The highest BCUT2D eigenvalue weighted by Crippen LogP contribution is 2.29. The van der Waals surface area contributed by atoms with Gasteiger partial charge in [-0.2, -0.15) is 13.2 Å². The number of rotatable bonds is 6. The minimum atomic E-state index is -4.41. The number of aliphatic imine (C=N–C) groups is 1. The van der Waals surface area contributed by atoms with E-state index < -0.39 is 11.9 Å². The second-order valence-electron chi connectivity index (χ2n) is 4.76. The van der Waals surface area contributed by atoms with Crippen LogP contribution in [-0.4, -0.2) is 22.5 Å². The van der Waals surface area contributed by atoms with Crippen LogP contribution < -0.4 is 10.6 Å². The van der Waals surface area contributed by atoms with E-state index in [-0.39, 0.29) is 6.54 Å². The molecule has 0 spiro atoms. The molecule has 2 heterocycles. The molecule has 2 rings (SSSR count). The Kier molecular flexibility index (Phi) is 6.55. The molecule has 0 unspecified atom stereocenters. The summed E-state index contributed by atoms with van der Waals surface area (Å²) in [6, 6.07) is 0. The van der Waals surface area contributed by atoms with Gasteiger partial charge in [0.1, 0.15) is 5.01 Å². The van der Waals surface area contributed by atoms with Crippen LogP contribution in [0, 0.1) is 0 Å². The Morgan fingerprint density at radius 1 is 1.12 bits per heavy atom. The predicted molar refractivity (Wildman–Crippen MR) is 90.3 cm³/mol. The first-order chi connectivity index (χ1) is 11.4. The monoisotopic (exact) mass is 377 g/mol. The van der Waals surface area contributed by atoms with Crippen molar-refractivity contribution in [1.82, 2.24) is 20.6 Å². The molecular weight excluding hydrogens is 359 g/mol. The van der Waals surface area contributed by atoms with E-state index in [2.05, 4.69) is 25.6 Å². The molecule has 0 bridgehead atoms. The van der Waals surface area contributed by atoms with Crippen molar-refractivity contribution >= 4 is 28.6 Å². The molecule has 0 amide bonds. The van der Waals surface area contributed by atoms with E-state index in [4.69, 9.17) is 0 Å². The van der Waals surface area contributed by atoms with Crippen LogP contribution in [-0.2, 0) is 25.7 Å². The van der Waals surface area contributed by atoms with Gasteiger partial charge in [0.15, 0.2) is 11.7 Å². The highest BCUT2D eigenvalue weighted by atomic mass is 32.1. The van der Waals surface area contributed by atoms with Crippen LogP contribution in [0.25, 0.3) is 0 Å². The average molecular weight is 377 g/mol. The number of halogens is 3. The number of hydrogen-bond acceptors (Lipinski definition) is 5. The summed E-state index contributed by atoms with van der Waals surface area (Å²) in [5, 5.41) is 10.4. The molecular formula is C14H18F3N5S2. The standard InChI is InChI=1S/C14H18F3N5S2/c1-3-11-21-9(7-23-11)5-19-13(18-4-2)20-6-12-22-10(8-24-12)14(15,16)17/h7-8H,3-6H2,1-2H3,(H2,18,19,20). The van der Waals surface area contributed by atoms with E-state index in [9.17, 15) is 13.2 Å². The lowest BCUT2D eigenvalue weighted by Crippen LogP contribution is -2.36. The summed E-state index contributed by atoms with van der Waals surface area (Å²) in [5.41, 5.74) is 0.0171. The second kappa shape index (κ2) is 8.43. The lowest BCUT2D eigenvalue weighted by molar-refractivity contribution is -0.140. The number of nitrogens with zero attached hydrogens (tertiary/aromatic N) is 3. The van der Waals surface area contributed by atoms with Gasteiger partial charge in [-0.15, -0.1) is 22.7 Å². The normalized spacial score (nSPS) is 12.5. The zero-order valence-electron chi connectivity index (χ0n) is 13.3. The number of hydrogen-bond donors (Lipinski definition) is 2. The molecule has 2 aromatic rings. The van der Waals surface area contributed by atoms with Crippen molar-refractivity contribution in [3.63, 3.8) is 0 Å². The molecule has 0 radical (unpaired) electrons. The third kappa shape index (κ3) is 5.45. The SMILES string of the molecule is CCNC(=NCc1csc(CC)n1)NCc1nc(C(F)(F)F)cs1. The molecule has 10 heteroatoms. The molecule has 0 saturated carbocycles. The van der Waals surface area contributed by atoms with Gasteiger partial charge in [0.05, 0.1) is 23.8 Å². The van der Waals surface area contributed by atoms with Crippen molar-refractivity contribution in [1.29, 1.82) is 0 Å². The van der Waals surface area contributed by atoms with Crippen LogP contribution in [0.3, 0.4) is 0 Å². The maximum absolute atomic E-state index is 12.5. The maximum atomic E-state index is 12.5. The van der Waals surface area contributed by atoms with E-state index in [0.717, 1.165) is 33.8 Å². The first-order valence-electron chi connectivity index (χ1n) is 7.39. The molecule has 2 aromatic heterocycles. The highest BCUT2D eigenvalue weighted by Gasteiger charge is 2.33. The van der Waals surface area contributed by atoms with Gasteiger partial charge in [-0.3, -0.25) is 0 Å². The zero-order chi connectivity index (χ0) is 17.6. The van der Waals surface area contributed by atoms with Gasteiger partial charge in [-0.25, -0.2) is 15.0 Å². The van der Waals surface area contributed by atoms with Gasteiger partial charge in [0, 0.05) is 17.3 Å². The first-order valence-corrected chi connectivity index (χ1v) is 9.15. The summed E-state index contributed by atoms with van der Waals surface area (Å²) in [6.07, 6.45) is -3.52. The molecule has 5 nitrogen and oxygen atoms in total. The number of aromatic nitrogens is 2. The third-order valence-corrected chi connectivity index (χ3v) is 4.79. The minimum absolute atomic E-state index is 0.184. The van der Waals surface area contributed by atoms with Crippen molar-refractivity contribution in [3.05, 3.63) is 32.2 Å². The van der Waals surface area contributed by atoms with Crippen molar-refractivity contribution in [2.75, 3.05) is 6.54 Å². The number of aryl methyl sites for hydroxylation is 1. The van der Waals surface area contributed by atoms with Crippen molar-refractivity contribution in [2.45, 2.75) is 39.5 Å². The average Bonchev–Trinajstić information content (AvgIpc) is 3.18. The van der Waals surface area contributed by atoms with Gasteiger partial charge < -0.3 is 10.6 Å².